The molecule has 9 nitrogen and oxygen atoms in total. The molecule has 0 unspecified atom stereocenters. The van der Waals surface area contributed by atoms with E-state index < -0.39 is 6.04 Å². The molecule has 1 amide bonds. The Labute approximate surface area is 364 Å². The highest BCUT2D eigenvalue weighted by molar-refractivity contribution is 9.10. The maximum atomic E-state index is 12.8. The highest BCUT2D eigenvalue weighted by Crippen LogP contribution is 2.36. The fraction of sp³-hybridized carbons (Fsp3) is 0.468. The lowest BCUT2D eigenvalue weighted by Crippen LogP contribution is -2.41. The van der Waals surface area contributed by atoms with Crippen LogP contribution in [0.25, 0.3) is 11.1 Å². The third-order valence-corrected chi connectivity index (χ3v) is 14.5. The number of benzene rings is 1. The monoisotopic (exact) mass is 901 g/mol. The van der Waals surface area contributed by atoms with Crippen LogP contribution in [0.15, 0.2) is 69.8 Å². The van der Waals surface area contributed by atoms with Crippen LogP contribution >= 0.6 is 38.6 Å². The third kappa shape index (κ3) is 14.0. The molecule has 12 heteroatoms. The summed E-state index contributed by atoms with van der Waals surface area (Å²) in [6, 6.07) is 18.0. The van der Waals surface area contributed by atoms with E-state index >= 15 is 0 Å². The van der Waals surface area contributed by atoms with Gasteiger partial charge in [0, 0.05) is 74.7 Å². The van der Waals surface area contributed by atoms with Crippen LogP contribution in [0.4, 0.5) is 5.82 Å². The zero-order valence-corrected chi connectivity index (χ0v) is 37.7. The summed E-state index contributed by atoms with van der Waals surface area (Å²) in [6.07, 6.45) is 8.72. The fourth-order valence-corrected chi connectivity index (χ4v) is 10.7. The summed E-state index contributed by atoms with van der Waals surface area (Å²) in [5, 5.41) is 7.22. The van der Waals surface area contributed by atoms with Crippen molar-refractivity contribution in [3.8, 4) is 11.1 Å². The number of halogens is 1. The standard InChI is InChI=1S/C28H33N3O2S.C12H13BrO2S.C7H10O2/c1-18-21(11-13-27(29)30-18)10-12-26(32)19(2)31-28(33)23-9-8-20(14-23)15-25-16-24(17-34-25)22-6-4-3-5-7-22;1-7(14)8-2-9(12(15)4-8)3-11-5-10(13)6-16-11;1-5(8)6-2-3-7(9)4-6/h3-7,11,13,16-17,19-20,23H,8-10,12,14-15H2,1-2H3,(H2,29,30)(H,31,33);5-6,8-9H,2-4H2,1H3;6H,2-4H2,1H3/t19-,20+,23+;8-,9+;6-/m000/s1. The Bertz CT molecular complexity index is 2110. The number of rotatable bonds is 13. The number of carbonyl (C=O) groups is 6. The van der Waals surface area contributed by atoms with E-state index in [9.17, 15) is 28.8 Å². The van der Waals surface area contributed by atoms with E-state index in [1.54, 1.807) is 49.5 Å². The summed E-state index contributed by atoms with van der Waals surface area (Å²) >= 11 is 6.87. The molecule has 3 aliphatic rings. The highest BCUT2D eigenvalue weighted by Gasteiger charge is 2.35. The smallest absolute Gasteiger partial charge is 0.223 e. The van der Waals surface area contributed by atoms with Crippen LogP contribution < -0.4 is 11.1 Å². The van der Waals surface area contributed by atoms with Crippen LogP contribution in [0, 0.1) is 36.5 Å². The van der Waals surface area contributed by atoms with Gasteiger partial charge in [-0.2, -0.15) is 0 Å². The molecule has 0 radical (unpaired) electrons. The number of carbonyl (C=O) groups excluding carboxylic acids is 6. The lowest BCUT2D eigenvalue weighted by atomic mass is 9.99. The maximum Gasteiger partial charge on any atom is 0.223 e. The molecule has 0 bridgehead atoms. The molecule has 3 N–H and O–H groups in total. The summed E-state index contributed by atoms with van der Waals surface area (Å²) in [7, 11) is 0. The first kappa shape index (κ1) is 45.9. The summed E-state index contributed by atoms with van der Waals surface area (Å²) < 4.78 is 1.07. The lowest BCUT2D eigenvalue weighted by Gasteiger charge is -2.17. The molecule has 1 aromatic carbocycles. The molecule has 314 valence electrons. The van der Waals surface area contributed by atoms with Crippen LogP contribution in [0.2, 0.25) is 0 Å². The zero-order chi connectivity index (χ0) is 42.6. The molecule has 3 fully saturated rings. The van der Waals surface area contributed by atoms with Crippen molar-refractivity contribution in [3.05, 3.63) is 90.8 Å². The number of pyridine rings is 1. The lowest BCUT2D eigenvalue weighted by molar-refractivity contribution is -0.129. The van der Waals surface area contributed by atoms with E-state index in [0.717, 1.165) is 60.7 Å². The molecule has 3 aromatic heterocycles. The Morgan fingerprint density at radius 1 is 0.847 bits per heavy atom. The van der Waals surface area contributed by atoms with Crippen LogP contribution in [-0.4, -0.2) is 45.8 Å². The van der Waals surface area contributed by atoms with Crippen molar-refractivity contribution in [3.63, 3.8) is 0 Å². The van der Waals surface area contributed by atoms with Crippen molar-refractivity contribution < 1.29 is 28.8 Å². The highest BCUT2D eigenvalue weighted by atomic mass is 79.9. The van der Waals surface area contributed by atoms with Gasteiger partial charge in [-0.15, -0.1) is 22.7 Å². The molecule has 7 rings (SSSR count). The summed E-state index contributed by atoms with van der Waals surface area (Å²) in [4.78, 5) is 76.5. The van der Waals surface area contributed by atoms with Crippen LogP contribution in [0.3, 0.4) is 0 Å². The van der Waals surface area contributed by atoms with Gasteiger partial charge in [-0.3, -0.25) is 28.8 Å². The number of hydrogen-bond acceptors (Lipinski definition) is 10. The molecule has 4 aromatic rings. The summed E-state index contributed by atoms with van der Waals surface area (Å²) in [5.41, 5.74) is 10.1. The topological polar surface area (TPSA) is 153 Å². The van der Waals surface area contributed by atoms with E-state index in [-0.39, 0.29) is 58.5 Å². The fourth-order valence-electron chi connectivity index (χ4n) is 8.15. The van der Waals surface area contributed by atoms with E-state index in [1.165, 1.54) is 20.9 Å². The van der Waals surface area contributed by atoms with Crippen LogP contribution in [0.1, 0.15) is 99.6 Å². The van der Waals surface area contributed by atoms with Crippen molar-refractivity contribution in [1.82, 2.24) is 10.3 Å². The maximum absolute atomic E-state index is 12.8. The normalized spacial score (nSPS) is 21.5. The zero-order valence-electron chi connectivity index (χ0n) is 34.5. The number of nitrogen functional groups attached to an aromatic ring is 1. The molecule has 0 aliphatic heterocycles. The first-order valence-corrected chi connectivity index (χ1v) is 23.2. The van der Waals surface area contributed by atoms with Crippen molar-refractivity contribution in [2.75, 3.05) is 5.73 Å². The number of aromatic nitrogens is 1. The number of aryl methyl sites for hydroxylation is 2. The number of nitrogens with one attached hydrogen (secondary N) is 1. The molecular formula is C47H56BrN3O6S2. The van der Waals surface area contributed by atoms with E-state index in [4.69, 9.17) is 5.73 Å². The quantitative estimate of drug-likeness (QED) is 0.135. The first-order chi connectivity index (χ1) is 28.1. The Morgan fingerprint density at radius 2 is 1.56 bits per heavy atom. The molecule has 0 saturated heterocycles. The van der Waals surface area contributed by atoms with Crippen molar-refractivity contribution in [2.45, 2.75) is 111 Å². The number of hydrogen-bond donors (Lipinski definition) is 2. The average molecular weight is 903 g/mol. The van der Waals surface area contributed by atoms with Crippen molar-refractivity contribution in [2.24, 2.45) is 29.6 Å². The Morgan fingerprint density at radius 3 is 2.17 bits per heavy atom. The first-order valence-electron chi connectivity index (χ1n) is 20.6. The number of nitrogens with zero attached hydrogens (tertiary/aromatic N) is 1. The number of Topliss-reactive ketones (excluding diaryl/α,β-unsaturated/α-hetero) is 5. The molecule has 6 atom stereocenters. The van der Waals surface area contributed by atoms with E-state index in [0.29, 0.717) is 43.8 Å². The third-order valence-electron chi connectivity index (χ3n) is 11.8. The molecular weight excluding hydrogens is 847 g/mol. The predicted octanol–water partition coefficient (Wildman–Crippen LogP) is 9.55. The SMILES string of the molecule is CC(=O)[C@@H]1CC(=O)[C@@H](Cc2cc(Br)cs2)C1.CC(=O)[C@H]1CCC(=O)C1.Cc1nc(N)ccc1CCC(=O)[C@H](C)NC(=O)[C@@H]1CC[C@@H](Cc2cc(-c3ccccc3)cs2)C1. The molecule has 59 heavy (non-hydrogen) atoms. The summed E-state index contributed by atoms with van der Waals surface area (Å²) in [5.74, 6) is 1.97. The molecule has 0 spiro atoms. The van der Waals surface area contributed by atoms with Gasteiger partial charge in [-0.1, -0.05) is 36.4 Å². The van der Waals surface area contributed by atoms with Crippen molar-refractivity contribution >= 4 is 79.2 Å². The molecule has 3 saturated carbocycles. The second-order valence-corrected chi connectivity index (χ2v) is 19.3. The molecule has 3 heterocycles. The van der Waals surface area contributed by atoms with E-state index in [2.05, 4.69) is 68.0 Å². The Kier molecular flexibility index (Phi) is 17.1. The number of amides is 1. The Balaban J connectivity index is 0.000000216. The number of nitrogens with two attached hydrogens (primary N) is 1. The number of ketones is 5. The van der Waals surface area contributed by atoms with Crippen LogP contribution in [0.5, 0.6) is 0 Å². The van der Waals surface area contributed by atoms with Gasteiger partial charge in [0.05, 0.1) is 6.04 Å². The number of thiophene rings is 2. The molecule has 3 aliphatic carbocycles. The average Bonchev–Trinajstić information content (AvgIpc) is 4.06. The second-order valence-electron chi connectivity index (χ2n) is 16.4. The second kappa shape index (κ2) is 21.9. The predicted molar refractivity (Wildman–Crippen MR) is 239 cm³/mol. The van der Waals surface area contributed by atoms with Crippen molar-refractivity contribution in [1.29, 1.82) is 0 Å². The van der Waals surface area contributed by atoms with Gasteiger partial charge >= 0.3 is 0 Å². The van der Waals surface area contributed by atoms with Gasteiger partial charge in [0.25, 0.3) is 0 Å². The van der Waals surface area contributed by atoms with Gasteiger partial charge < -0.3 is 11.1 Å². The van der Waals surface area contributed by atoms with Crippen LogP contribution in [-0.2, 0) is 48.0 Å². The Hall–Kier alpha value is -4.13. The van der Waals surface area contributed by atoms with Gasteiger partial charge in [0.1, 0.15) is 29.0 Å². The van der Waals surface area contributed by atoms with Gasteiger partial charge in [0.2, 0.25) is 5.91 Å². The minimum atomic E-state index is -0.473. The minimum absolute atomic E-state index is 0.00245. The number of anilines is 1. The van der Waals surface area contributed by atoms with Gasteiger partial charge in [-0.25, -0.2) is 4.98 Å². The van der Waals surface area contributed by atoms with E-state index in [1.807, 2.05) is 24.4 Å². The summed E-state index contributed by atoms with van der Waals surface area (Å²) in [6.45, 7) is 6.83. The largest absolute Gasteiger partial charge is 0.384 e. The van der Waals surface area contributed by atoms with Gasteiger partial charge in [-0.05, 0) is 141 Å². The van der Waals surface area contributed by atoms with Gasteiger partial charge in [0.15, 0.2) is 5.78 Å². The minimum Gasteiger partial charge on any atom is -0.384 e.